The predicted octanol–water partition coefficient (Wildman–Crippen LogP) is 1.55. The number of hydrogen-bond donors (Lipinski definition) is 2. The van der Waals surface area contributed by atoms with Gasteiger partial charge in [0.25, 0.3) is 0 Å². The van der Waals surface area contributed by atoms with Crippen LogP contribution in [0.3, 0.4) is 0 Å². The van der Waals surface area contributed by atoms with E-state index in [1.807, 2.05) is 0 Å². The molecule has 0 aromatic carbocycles. The molecule has 0 aromatic heterocycles. The van der Waals surface area contributed by atoms with Crippen molar-refractivity contribution in [3.8, 4) is 0 Å². The number of rotatable bonds is 5. The zero-order valence-corrected chi connectivity index (χ0v) is 8.97. The second-order valence-corrected chi connectivity index (χ2v) is 3.55. The number of carbonyl (C=O) groups is 2. The third kappa shape index (κ3) is 4.50. The van der Waals surface area contributed by atoms with E-state index in [9.17, 15) is 22.8 Å². The van der Waals surface area contributed by atoms with Crippen molar-refractivity contribution in [1.82, 2.24) is 5.32 Å². The Balaban J connectivity index is 4.58. The van der Waals surface area contributed by atoms with Crippen LogP contribution in [0.5, 0.6) is 0 Å². The predicted molar refractivity (Wildman–Crippen MR) is 49.7 cm³/mol. The quantitative estimate of drug-likeness (QED) is 0.767. The average Bonchev–Trinajstić information content (AvgIpc) is 2.11. The van der Waals surface area contributed by atoms with Gasteiger partial charge in [-0.15, -0.1) is 0 Å². The summed E-state index contributed by atoms with van der Waals surface area (Å²) in [5.41, 5.74) is 0. The molecule has 16 heavy (non-hydrogen) atoms. The number of halogens is 3. The molecule has 2 N–H and O–H groups in total. The van der Waals surface area contributed by atoms with E-state index in [0.29, 0.717) is 12.8 Å². The Morgan fingerprint density at radius 3 is 2.19 bits per heavy atom. The molecule has 0 saturated carbocycles. The van der Waals surface area contributed by atoms with E-state index in [1.54, 1.807) is 6.92 Å². The summed E-state index contributed by atoms with van der Waals surface area (Å²) in [7, 11) is 0. The van der Waals surface area contributed by atoms with E-state index in [2.05, 4.69) is 0 Å². The maximum atomic E-state index is 11.9. The van der Waals surface area contributed by atoms with Crippen LogP contribution < -0.4 is 5.32 Å². The molecule has 2 unspecified atom stereocenters. The molecule has 0 rings (SSSR count). The van der Waals surface area contributed by atoms with E-state index in [-0.39, 0.29) is 0 Å². The molecule has 0 radical (unpaired) electrons. The van der Waals surface area contributed by atoms with Crippen molar-refractivity contribution in [3.63, 3.8) is 0 Å². The van der Waals surface area contributed by atoms with Gasteiger partial charge in [0.1, 0.15) is 6.04 Å². The molecule has 1 amide bonds. The summed E-state index contributed by atoms with van der Waals surface area (Å²) in [6.07, 6.45) is -4.00. The van der Waals surface area contributed by atoms with Crippen molar-refractivity contribution in [3.05, 3.63) is 0 Å². The molecule has 0 spiro atoms. The van der Waals surface area contributed by atoms with Gasteiger partial charge in [0, 0.05) is 0 Å². The van der Waals surface area contributed by atoms with Gasteiger partial charge in [0.2, 0.25) is 0 Å². The highest BCUT2D eigenvalue weighted by molar-refractivity contribution is 5.87. The first-order chi connectivity index (χ1) is 7.20. The fourth-order valence-electron chi connectivity index (χ4n) is 1.29. The van der Waals surface area contributed by atoms with E-state index >= 15 is 0 Å². The number of alkyl halides is 3. The van der Waals surface area contributed by atoms with E-state index in [4.69, 9.17) is 5.11 Å². The maximum absolute atomic E-state index is 11.9. The first kappa shape index (κ1) is 14.7. The maximum Gasteiger partial charge on any atom is 0.471 e. The second-order valence-electron chi connectivity index (χ2n) is 3.55. The molecule has 2 atom stereocenters. The van der Waals surface area contributed by atoms with Gasteiger partial charge < -0.3 is 10.4 Å². The fourth-order valence-corrected chi connectivity index (χ4v) is 1.29. The summed E-state index contributed by atoms with van der Waals surface area (Å²) in [5, 5.41) is 10.2. The Morgan fingerprint density at radius 2 is 1.88 bits per heavy atom. The molecule has 0 heterocycles. The van der Waals surface area contributed by atoms with Gasteiger partial charge in [0.05, 0.1) is 0 Å². The lowest BCUT2D eigenvalue weighted by atomic mass is 9.97. The summed E-state index contributed by atoms with van der Waals surface area (Å²) in [6, 6.07) is -1.51. The topological polar surface area (TPSA) is 66.4 Å². The van der Waals surface area contributed by atoms with Crippen molar-refractivity contribution >= 4 is 11.9 Å². The number of carbonyl (C=O) groups excluding carboxylic acids is 1. The van der Waals surface area contributed by atoms with Crippen LogP contribution in [0, 0.1) is 5.92 Å². The SMILES string of the molecule is CCCC(C)C(NC(=O)C(F)(F)F)C(=O)O. The molecule has 7 heteroatoms. The van der Waals surface area contributed by atoms with Crippen LogP contribution in [-0.4, -0.2) is 29.2 Å². The lowest BCUT2D eigenvalue weighted by Gasteiger charge is -2.21. The Labute approximate surface area is 90.8 Å². The van der Waals surface area contributed by atoms with Crippen molar-refractivity contribution in [1.29, 1.82) is 0 Å². The van der Waals surface area contributed by atoms with Crippen molar-refractivity contribution in [2.75, 3.05) is 0 Å². The molecule has 0 bridgehead atoms. The van der Waals surface area contributed by atoms with Crippen molar-refractivity contribution < 1.29 is 27.9 Å². The lowest BCUT2D eigenvalue weighted by molar-refractivity contribution is -0.176. The minimum atomic E-state index is -5.06. The van der Waals surface area contributed by atoms with Crippen LogP contribution in [0.25, 0.3) is 0 Å². The zero-order valence-electron chi connectivity index (χ0n) is 8.97. The Morgan fingerprint density at radius 1 is 1.38 bits per heavy atom. The molecular formula is C9H14F3NO3. The minimum Gasteiger partial charge on any atom is -0.480 e. The van der Waals surface area contributed by atoms with Crippen LogP contribution in [0.2, 0.25) is 0 Å². The van der Waals surface area contributed by atoms with Gasteiger partial charge in [-0.25, -0.2) is 4.79 Å². The third-order valence-electron chi connectivity index (χ3n) is 2.12. The molecule has 0 aliphatic carbocycles. The first-order valence-electron chi connectivity index (χ1n) is 4.80. The molecule has 0 aliphatic heterocycles. The highest BCUT2D eigenvalue weighted by Crippen LogP contribution is 2.17. The third-order valence-corrected chi connectivity index (χ3v) is 2.12. The highest BCUT2D eigenvalue weighted by Gasteiger charge is 2.41. The smallest absolute Gasteiger partial charge is 0.471 e. The summed E-state index contributed by atoms with van der Waals surface area (Å²) >= 11 is 0. The number of nitrogens with one attached hydrogen (secondary N) is 1. The van der Waals surface area contributed by atoms with Crippen LogP contribution in [0.1, 0.15) is 26.7 Å². The monoisotopic (exact) mass is 241 g/mol. The highest BCUT2D eigenvalue weighted by atomic mass is 19.4. The van der Waals surface area contributed by atoms with Crippen LogP contribution in [0.4, 0.5) is 13.2 Å². The summed E-state index contributed by atoms with van der Waals surface area (Å²) in [6.45, 7) is 3.26. The van der Waals surface area contributed by atoms with Gasteiger partial charge in [0.15, 0.2) is 0 Å². The van der Waals surface area contributed by atoms with E-state index in [1.165, 1.54) is 12.2 Å². The normalized spacial score (nSPS) is 15.3. The van der Waals surface area contributed by atoms with Crippen molar-refractivity contribution in [2.45, 2.75) is 38.9 Å². The van der Waals surface area contributed by atoms with Crippen LogP contribution in [0.15, 0.2) is 0 Å². The summed E-state index contributed by atoms with van der Waals surface area (Å²) in [5.74, 6) is -4.23. The second kappa shape index (κ2) is 5.72. The van der Waals surface area contributed by atoms with Crippen LogP contribution in [-0.2, 0) is 9.59 Å². The molecule has 0 aliphatic rings. The average molecular weight is 241 g/mol. The number of amides is 1. The lowest BCUT2D eigenvalue weighted by Crippen LogP contribution is -2.49. The molecule has 4 nitrogen and oxygen atoms in total. The van der Waals surface area contributed by atoms with Crippen LogP contribution >= 0.6 is 0 Å². The van der Waals surface area contributed by atoms with E-state index in [0.717, 1.165) is 0 Å². The number of carboxylic acid groups (broad SMARTS) is 1. The summed E-state index contributed by atoms with van der Waals surface area (Å²) < 4.78 is 35.8. The minimum absolute atomic E-state index is 0.426. The molecule has 94 valence electrons. The van der Waals surface area contributed by atoms with Gasteiger partial charge in [-0.05, 0) is 12.3 Å². The number of aliphatic carboxylic acids is 1. The van der Waals surface area contributed by atoms with Gasteiger partial charge >= 0.3 is 18.1 Å². The van der Waals surface area contributed by atoms with Crippen molar-refractivity contribution in [2.24, 2.45) is 5.92 Å². The molecule has 0 saturated heterocycles. The molecular weight excluding hydrogens is 227 g/mol. The van der Waals surface area contributed by atoms with E-state index < -0.39 is 30.0 Å². The Bertz CT molecular complexity index is 265. The van der Waals surface area contributed by atoms with Gasteiger partial charge in [-0.2, -0.15) is 13.2 Å². The standard InChI is InChI=1S/C9H14F3NO3/c1-3-4-5(2)6(7(14)15)13-8(16)9(10,11)12/h5-6H,3-4H2,1-2H3,(H,13,16)(H,14,15). The zero-order chi connectivity index (χ0) is 12.9. The fraction of sp³-hybridized carbons (Fsp3) is 0.778. The Kier molecular flexibility index (Phi) is 5.26. The first-order valence-corrected chi connectivity index (χ1v) is 4.80. The van der Waals surface area contributed by atoms with Gasteiger partial charge in [-0.3, -0.25) is 4.79 Å². The van der Waals surface area contributed by atoms with Gasteiger partial charge in [-0.1, -0.05) is 20.3 Å². The number of carboxylic acids is 1. The number of hydrogen-bond acceptors (Lipinski definition) is 2. The molecule has 0 fully saturated rings. The Hall–Kier alpha value is -1.27. The molecule has 0 aromatic rings. The summed E-state index contributed by atoms with van der Waals surface area (Å²) in [4.78, 5) is 21.3. The largest absolute Gasteiger partial charge is 0.480 e.